The highest BCUT2D eigenvalue weighted by Gasteiger charge is 2.10. The lowest BCUT2D eigenvalue weighted by atomic mass is 10.1. The van der Waals surface area contributed by atoms with E-state index < -0.39 is 13.0 Å². The molecule has 3 N–H and O–H groups in total. The Kier molecular flexibility index (Phi) is 5.66. The zero-order valence-electron chi connectivity index (χ0n) is 11.9. The van der Waals surface area contributed by atoms with Gasteiger partial charge >= 0.3 is 0 Å². The van der Waals surface area contributed by atoms with E-state index in [0.717, 1.165) is 0 Å². The van der Waals surface area contributed by atoms with Crippen LogP contribution in [0.25, 0.3) is 0 Å². The fourth-order valence-electron chi connectivity index (χ4n) is 1.36. The molecule has 0 fully saturated rings. The van der Waals surface area contributed by atoms with E-state index in [4.69, 9.17) is 10.5 Å². The van der Waals surface area contributed by atoms with Gasteiger partial charge in [0.05, 0.1) is 12.2 Å². The Morgan fingerprint density at radius 1 is 1.45 bits per heavy atom. The van der Waals surface area contributed by atoms with Crippen LogP contribution in [0, 0.1) is 0 Å². The number of halogens is 2. The minimum Gasteiger partial charge on any atom is -0.472 e. The van der Waals surface area contributed by atoms with Crippen LogP contribution in [0.4, 0.5) is 8.78 Å². The Balaban J connectivity index is 2.60. The Morgan fingerprint density at radius 3 is 2.75 bits per heavy atom. The molecule has 112 valence electrons. The summed E-state index contributed by atoms with van der Waals surface area (Å²) >= 11 is 0. The minimum absolute atomic E-state index is 0.153. The van der Waals surface area contributed by atoms with E-state index in [0.29, 0.717) is 11.7 Å². The maximum atomic E-state index is 12.0. The van der Waals surface area contributed by atoms with E-state index in [9.17, 15) is 8.78 Å². The van der Waals surface area contributed by atoms with Gasteiger partial charge in [-0.2, -0.15) is 0 Å². The highest BCUT2D eigenvalue weighted by molar-refractivity contribution is 5.78. The standard InChI is InChI=1S/C13H20F2N4O/c1-13(2,3)19-12(16)17-7-9-5-4-6-11(18-9)20-8-10(14)15/h4-6,10H,7-8H2,1-3H3,(H3,16,17,19). The van der Waals surface area contributed by atoms with Gasteiger partial charge in [0.1, 0.15) is 0 Å². The molecule has 0 unspecified atom stereocenters. The van der Waals surface area contributed by atoms with Crippen molar-refractivity contribution in [3.8, 4) is 5.88 Å². The Labute approximate surface area is 117 Å². The number of aromatic nitrogens is 1. The summed E-state index contributed by atoms with van der Waals surface area (Å²) in [6.45, 7) is 5.47. The quantitative estimate of drug-likeness (QED) is 0.641. The molecule has 20 heavy (non-hydrogen) atoms. The molecule has 1 heterocycles. The van der Waals surface area contributed by atoms with Gasteiger partial charge in [-0.25, -0.2) is 18.8 Å². The van der Waals surface area contributed by atoms with Crippen LogP contribution < -0.4 is 15.8 Å². The first-order valence-corrected chi connectivity index (χ1v) is 6.21. The number of nitrogens with one attached hydrogen (secondary N) is 1. The number of aliphatic imine (C=N–C) groups is 1. The molecule has 1 aromatic heterocycles. The summed E-state index contributed by atoms with van der Waals surface area (Å²) < 4.78 is 28.9. The lowest BCUT2D eigenvalue weighted by molar-refractivity contribution is 0.0795. The predicted octanol–water partition coefficient (Wildman–Crippen LogP) is 1.93. The van der Waals surface area contributed by atoms with Crippen LogP contribution >= 0.6 is 0 Å². The van der Waals surface area contributed by atoms with E-state index in [2.05, 4.69) is 15.3 Å². The van der Waals surface area contributed by atoms with Gasteiger partial charge in [-0.1, -0.05) is 6.07 Å². The number of alkyl halides is 2. The van der Waals surface area contributed by atoms with Gasteiger partial charge in [0.25, 0.3) is 6.43 Å². The predicted molar refractivity (Wildman–Crippen MR) is 74.0 cm³/mol. The molecule has 0 saturated carbocycles. The summed E-state index contributed by atoms with van der Waals surface area (Å²) in [5.41, 5.74) is 6.14. The topological polar surface area (TPSA) is 72.5 Å². The fourth-order valence-corrected chi connectivity index (χ4v) is 1.36. The maximum Gasteiger partial charge on any atom is 0.272 e. The van der Waals surface area contributed by atoms with Crippen LogP contribution in [0.1, 0.15) is 26.5 Å². The highest BCUT2D eigenvalue weighted by Crippen LogP contribution is 2.09. The molecule has 0 radical (unpaired) electrons. The summed E-state index contributed by atoms with van der Waals surface area (Å²) in [6.07, 6.45) is -2.52. The first-order chi connectivity index (χ1) is 9.26. The lowest BCUT2D eigenvalue weighted by Crippen LogP contribution is -2.45. The van der Waals surface area contributed by atoms with Crippen molar-refractivity contribution in [3.63, 3.8) is 0 Å². The third-order valence-electron chi connectivity index (χ3n) is 2.05. The summed E-state index contributed by atoms with van der Waals surface area (Å²) in [5.74, 6) is 0.457. The molecule has 0 aliphatic rings. The summed E-state index contributed by atoms with van der Waals surface area (Å²) in [4.78, 5) is 8.20. The maximum absolute atomic E-state index is 12.0. The largest absolute Gasteiger partial charge is 0.472 e. The number of rotatable bonds is 5. The summed E-state index contributed by atoms with van der Waals surface area (Å²) in [7, 11) is 0. The summed E-state index contributed by atoms with van der Waals surface area (Å²) in [6, 6.07) is 4.92. The van der Waals surface area contributed by atoms with E-state index in [1.807, 2.05) is 20.8 Å². The van der Waals surface area contributed by atoms with Crippen LogP contribution in [-0.2, 0) is 6.54 Å². The van der Waals surface area contributed by atoms with Crippen LogP contribution in [0.15, 0.2) is 23.2 Å². The van der Waals surface area contributed by atoms with Crippen LogP contribution in [0.5, 0.6) is 5.88 Å². The van der Waals surface area contributed by atoms with E-state index >= 15 is 0 Å². The second-order valence-electron chi connectivity index (χ2n) is 5.25. The SMILES string of the molecule is CC(C)(C)NC(N)=NCc1cccc(OCC(F)F)n1. The monoisotopic (exact) mass is 286 g/mol. The molecule has 0 bridgehead atoms. The number of hydrogen-bond donors (Lipinski definition) is 2. The molecule has 0 aliphatic heterocycles. The second-order valence-corrected chi connectivity index (χ2v) is 5.25. The minimum atomic E-state index is -2.52. The number of guanidine groups is 1. The van der Waals surface area contributed by atoms with Crippen LogP contribution in [0.3, 0.4) is 0 Å². The number of pyridine rings is 1. The average Bonchev–Trinajstić information content (AvgIpc) is 2.32. The molecule has 1 rings (SSSR count). The lowest BCUT2D eigenvalue weighted by Gasteiger charge is -2.20. The van der Waals surface area contributed by atoms with Gasteiger partial charge in [-0.15, -0.1) is 0 Å². The fraction of sp³-hybridized carbons (Fsp3) is 0.538. The van der Waals surface area contributed by atoms with Crippen molar-refractivity contribution in [2.24, 2.45) is 10.7 Å². The van der Waals surface area contributed by atoms with Crippen molar-refractivity contribution < 1.29 is 13.5 Å². The third-order valence-corrected chi connectivity index (χ3v) is 2.05. The molecule has 5 nitrogen and oxygen atoms in total. The number of nitrogens with zero attached hydrogens (tertiary/aromatic N) is 2. The molecule has 0 spiro atoms. The first kappa shape index (κ1) is 16.1. The van der Waals surface area contributed by atoms with Crippen molar-refractivity contribution in [3.05, 3.63) is 23.9 Å². The van der Waals surface area contributed by atoms with Crippen LogP contribution in [-0.4, -0.2) is 29.5 Å². The van der Waals surface area contributed by atoms with E-state index in [-0.39, 0.29) is 18.0 Å². The van der Waals surface area contributed by atoms with Crippen molar-refractivity contribution in [2.75, 3.05) is 6.61 Å². The average molecular weight is 286 g/mol. The highest BCUT2D eigenvalue weighted by atomic mass is 19.3. The molecular formula is C13H20F2N4O. The van der Waals surface area contributed by atoms with Crippen molar-refractivity contribution in [1.29, 1.82) is 0 Å². The molecule has 1 aromatic rings. The summed E-state index contributed by atoms with van der Waals surface area (Å²) in [5, 5.41) is 3.01. The first-order valence-electron chi connectivity index (χ1n) is 6.21. The molecule has 7 heteroatoms. The number of ether oxygens (including phenoxy) is 1. The number of nitrogens with two attached hydrogens (primary N) is 1. The van der Waals surface area contributed by atoms with E-state index in [1.165, 1.54) is 6.07 Å². The third kappa shape index (κ3) is 6.86. The van der Waals surface area contributed by atoms with Gasteiger partial charge in [0.2, 0.25) is 5.88 Å². The smallest absolute Gasteiger partial charge is 0.272 e. The second kappa shape index (κ2) is 7.02. The molecular weight excluding hydrogens is 266 g/mol. The molecule has 0 aliphatic carbocycles. The van der Waals surface area contributed by atoms with Gasteiger partial charge in [-0.3, -0.25) is 0 Å². The van der Waals surface area contributed by atoms with Crippen molar-refractivity contribution in [2.45, 2.75) is 39.3 Å². The zero-order valence-corrected chi connectivity index (χ0v) is 11.9. The molecule has 0 amide bonds. The normalized spacial score (nSPS) is 12.6. The Bertz CT molecular complexity index is 458. The number of hydrogen-bond acceptors (Lipinski definition) is 3. The van der Waals surface area contributed by atoms with Gasteiger partial charge in [0, 0.05) is 11.6 Å². The van der Waals surface area contributed by atoms with Gasteiger partial charge in [0.15, 0.2) is 12.6 Å². The van der Waals surface area contributed by atoms with Gasteiger partial charge in [-0.05, 0) is 26.8 Å². The molecule has 0 saturated heterocycles. The molecule has 0 aromatic carbocycles. The van der Waals surface area contributed by atoms with Crippen LogP contribution in [0.2, 0.25) is 0 Å². The Hall–Kier alpha value is -1.92. The molecule has 0 atom stereocenters. The van der Waals surface area contributed by atoms with Crippen molar-refractivity contribution >= 4 is 5.96 Å². The zero-order chi connectivity index (χ0) is 15.2. The van der Waals surface area contributed by atoms with Crippen molar-refractivity contribution in [1.82, 2.24) is 10.3 Å². The Morgan fingerprint density at radius 2 is 2.15 bits per heavy atom. The van der Waals surface area contributed by atoms with Gasteiger partial charge < -0.3 is 15.8 Å². The van der Waals surface area contributed by atoms with E-state index in [1.54, 1.807) is 12.1 Å².